The van der Waals surface area contributed by atoms with Gasteiger partial charge in [0.1, 0.15) is 5.75 Å². The Kier molecular flexibility index (Phi) is 8.34. The number of piperazine rings is 1. The minimum Gasteiger partial charge on any atom is -0.493 e. The maximum Gasteiger partial charge on any atom is 0.259 e. The van der Waals surface area contributed by atoms with Crippen LogP contribution in [-0.2, 0) is 0 Å². The zero-order valence-corrected chi connectivity index (χ0v) is 22.1. The maximum atomic E-state index is 13.7. The summed E-state index contributed by atoms with van der Waals surface area (Å²) >= 11 is 0. The first-order valence-electron chi connectivity index (χ1n) is 13.4. The van der Waals surface area contributed by atoms with Crippen molar-refractivity contribution in [1.82, 2.24) is 9.80 Å². The van der Waals surface area contributed by atoms with E-state index >= 15 is 0 Å². The summed E-state index contributed by atoms with van der Waals surface area (Å²) in [7, 11) is 0. The zero-order chi connectivity index (χ0) is 27.0. The Hall–Kier alpha value is -4.42. The molecule has 0 bridgehead atoms. The van der Waals surface area contributed by atoms with Crippen molar-refractivity contribution in [3.63, 3.8) is 0 Å². The van der Waals surface area contributed by atoms with Crippen LogP contribution in [0.15, 0.2) is 109 Å². The first kappa shape index (κ1) is 26.2. The summed E-state index contributed by atoms with van der Waals surface area (Å²) in [5, 5.41) is 2.94. The Balaban J connectivity index is 1.30. The van der Waals surface area contributed by atoms with Crippen LogP contribution < -0.4 is 10.1 Å². The Morgan fingerprint density at radius 1 is 0.718 bits per heavy atom. The average Bonchev–Trinajstić information content (AvgIpc) is 2.99. The van der Waals surface area contributed by atoms with Gasteiger partial charge < -0.3 is 15.0 Å². The van der Waals surface area contributed by atoms with E-state index < -0.39 is 0 Å². The van der Waals surface area contributed by atoms with Crippen LogP contribution in [0.1, 0.15) is 44.8 Å². The smallest absolute Gasteiger partial charge is 0.259 e. The van der Waals surface area contributed by atoms with Gasteiger partial charge in [-0.15, -0.1) is 0 Å². The molecule has 0 aliphatic carbocycles. The molecule has 1 aliphatic heterocycles. The fraction of sp³-hybridized carbons (Fsp3) is 0.212. The molecule has 0 unspecified atom stereocenters. The Labute approximate surface area is 229 Å². The molecule has 2 amide bonds. The fourth-order valence-corrected chi connectivity index (χ4v) is 5.14. The van der Waals surface area contributed by atoms with E-state index in [-0.39, 0.29) is 17.9 Å². The van der Waals surface area contributed by atoms with Gasteiger partial charge in [0.05, 0.1) is 29.5 Å². The van der Waals surface area contributed by atoms with Crippen LogP contribution >= 0.6 is 0 Å². The highest BCUT2D eigenvalue weighted by atomic mass is 16.5. The topological polar surface area (TPSA) is 61.9 Å². The van der Waals surface area contributed by atoms with Gasteiger partial charge in [-0.25, -0.2) is 0 Å². The van der Waals surface area contributed by atoms with E-state index in [2.05, 4.69) is 58.7 Å². The van der Waals surface area contributed by atoms with Crippen molar-refractivity contribution in [2.24, 2.45) is 0 Å². The maximum absolute atomic E-state index is 13.7. The molecule has 1 fully saturated rings. The molecule has 0 aromatic heterocycles. The van der Waals surface area contributed by atoms with Gasteiger partial charge in [-0.1, -0.05) is 84.9 Å². The predicted octanol–water partition coefficient (Wildman–Crippen LogP) is 5.89. The van der Waals surface area contributed by atoms with Gasteiger partial charge in [-0.2, -0.15) is 0 Å². The zero-order valence-electron chi connectivity index (χ0n) is 22.1. The molecule has 0 atom stereocenters. The first-order valence-corrected chi connectivity index (χ1v) is 13.4. The van der Waals surface area contributed by atoms with Crippen molar-refractivity contribution in [2.75, 3.05) is 38.1 Å². The highest BCUT2D eigenvalue weighted by molar-refractivity contribution is 6.10. The number of amides is 2. The highest BCUT2D eigenvalue weighted by Crippen LogP contribution is 2.30. The summed E-state index contributed by atoms with van der Waals surface area (Å²) in [5.41, 5.74) is 3.89. The van der Waals surface area contributed by atoms with Crippen molar-refractivity contribution in [3.05, 3.63) is 131 Å². The summed E-state index contributed by atoms with van der Waals surface area (Å²) in [5.74, 6) is 0.126. The summed E-state index contributed by atoms with van der Waals surface area (Å²) in [4.78, 5) is 31.1. The van der Waals surface area contributed by atoms with E-state index in [0.29, 0.717) is 42.3 Å². The molecule has 1 saturated heterocycles. The molecule has 1 aliphatic rings. The lowest BCUT2D eigenvalue weighted by Crippen LogP contribution is -2.50. The lowest BCUT2D eigenvalue weighted by molar-refractivity contribution is 0.0598. The summed E-state index contributed by atoms with van der Waals surface area (Å²) in [6, 6.07) is 35.5. The van der Waals surface area contributed by atoms with Crippen LogP contribution in [0.3, 0.4) is 0 Å². The van der Waals surface area contributed by atoms with Gasteiger partial charge in [0, 0.05) is 26.2 Å². The third-order valence-electron chi connectivity index (χ3n) is 7.03. The van der Waals surface area contributed by atoms with Crippen molar-refractivity contribution in [3.8, 4) is 5.75 Å². The molecular weight excluding hydrogens is 486 g/mol. The SMILES string of the molecule is CCOc1ccccc1C(=O)Nc1ccccc1C(=O)N1CCN(C(c2ccccc2)c2ccccc2)CC1. The van der Waals surface area contributed by atoms with Gasteiger partial charge in [-0.3, -0.25) is 14.5 Å². The highest BCUT2D eigenvalue weighted by Gasteiger charge is 2.29. The molecule has 5 rings (SSSR count). The monoisotopic (exact) mass is 519 g/mol. The minimum atomic E-state index is -0.308. The molecule has 1 N–H and O–H groups in total. The average molecular weight is 520 g/mol. The largest absolute Gasteiger partial charge is 0.493 e. The van der Waals surface area contributed by atoms with Gasteiger partial charge >= 0.3 is 0 Å². The van der Waals surface area contributed by atoms with Gasteiger partial charge in [-0.05, 0) is 42.3 Å². The molecule has 0 saturated carbocycles. The molecule has 4 aromatic carbocycles. The van der Waals surface area contributed by atoms with E-state index in [9.17, 15) is 9.59 Å². The summed E-state index contributed by atoms with van der Waals surface area (Å²) in [6.45, 7) is 5.03. The second-order valence-corrected chi connectivity index (χ2v) is 9.48. The van der Waals surface area contributed by atoms with Crippen molar-refractivity contribution in [1.29, 1.82) is 0 Å². The number of nitrogens with zero attached hydrogens (tertiary/aromatic N) is 2. The third-order valence-corrected chi connectivity index (χ3v) is 7.03. The van der Waals surface area contributed by atoms with Crippen LogP contribution in [0.4, 0.5) is 5.69 Å². The van der Waals surface area contributed by atoms with E-state index in [4.69, 9.17) is 4.74 Å². The molecule has 1 heterocycles. The number of rotatable bonds is 8. The van der Waals surface area contributed by atoms with Crippen LogP contribution in [0.5, 0.6) is 5.75 Å². The Morgan fingerprint density at radius 3 is 1.87 bits per heavy atom. The number of benzene rings is 4. The second-order valence-electron chi connectivity index (χ2n) is 9.48. The number of carbonyl (C=O) groups excluding carboxylic acids is 2. The third kappa shape index (κ3) is 6.02. The first-order chi connectivity index (χ1) is 19.2. The fourth-order valence-electron chi connectivity index (χ4n) is 5.14. The van der Waals surface area contributed by atoms with Crippen LogP contribution in [-0.4, -0.2) is 54.4 Å². The number of anilines is 1. The van der Waals surface area contributed by atoms with Crippen molar-refractivity contribution < 1.29 is 14.3 Å². The van der Waals surface area contributed by atoms with Crippen LogP contribution in [0.25, 0.3) is 0 Å². The predicted molar refractivity (Wildman–Crippen MR) is 154 cm³/mol. The van der Waals surface area contributed by atoms with E-state index in [1.54, 1.807) is 30.3 Å². The van der Waals surface area contributed by atoms with Crippen LogP contribution in [0, 0.1) is 0 Å². The number of para-hydroxylation sites is 2. The Bertz CT molecular complexity index is 1360. The number of carbonyl (C=O) groups is 2. The number of hydrogen-bond acceptors (Lipinski definition) is 4. The molecule has 39 heavy (non-hydrogen) atoms. The molecule has 0 radical (unpaired) electrons. The number of hydrogen-bond donors (Lipinski definition) is 1. The lowest BCUT2D eigenvalue weighted by atomic mass is 9.96. The van der Waals surface area contributed by atoms with Crippen molar-refractivity contribution in [2.45, 2.75) is 13.0 Å². The van der Waals surface area contributed by atoms with Gasteiger partial charge in [0.25, 0.3) is 11.8 Å². The second kappa shape index (κ2) is 12.4. The number of ether oxygens (including phenoxy) is 1. The molecule has 6 nitrogen and oxygen atoms in total. The summed E-state index contributed by atoms with van der Waals surface area (Å²) in [6.07, 6.45) is 0. The molecule has 4 aromatic rings. The summed E-state index contributed by atoms with van der Waals surface area (Å²) < 4.78 is 5.62. The van der Waals surface area contributed by atoms with E-state index in [1.165, 1.54) is 11.1 Å². The van der Waals surface area contributed by atoms with Crippen LogP contribution in [0.2, 0.25) is 0 Å². The van der Waals surface area contributed by atoms with E-state index in [1.807, 2.05) is 42.2 Å². The van der Waals surface area contributed by atoms with E-state index in [0.717, 1.165) is 13.1 Å². The molecule has 6 heteroatoms. The van der Waals surface area contributed by atoms with Gasteiger partial charge in [0.15, 0.2) is 0 Å². The van der Waals surface area contributed by atoms with Gasteiger partial charge in [0.2, 0.25) is 0 Å². The molecule has 198 valence electrons. The number of nitrogens with one attached hydrogen (secondary N) is 1. The van der Waals surface area contributed by atoms with Crippen molar-refractivity contribution >= 4 is 17.5 Å². The standard InChI is InChI=1S/C33H33N3O3/c1-2-39-30-20-12-10-18-28(30)32(37)34-29-19-11-9-17-27(29)33(38)36-23-21-35(22-24-36)31(25-13-5-3-6-14-25)26-15-7-4-8-16-26/h3-20,31H,2,21-24H2,1H3,(H,34,37). The normalized spacial score (nSPS) is 13.7. The lowest BCUT2D eigenvalue weighted by Gasteiger charge is -2.40. The minimum absolute atomic E-state index is 0.0837. The molecule has 0 spiro atoms. The quantitative estimate of drug-likeness (QED) is 0.316. The Morgan fingerprint density at radius 2 is 1.26 bits per heavy atom. The molecular formula is C33H33N3O3.